The summed E-state index contributed by atoms with van der Waals surface area (Å²) in [6.45, 7) is 6.29. The number of piperidine rings is 1. The van der Waals surface area contributed by atoms with Crippen LogP contribution in [0.1, 0.15) is 39.2 Å². The molecule has 1 aromatic carbocycles. The summed E-state index contributed by atoms with van der Waals surface area (Å²) in [4.78, 5) is 26.1. The predicted octanol–water partition coefficient (Wildman–Crippen LogP) is 3.74. The van der Waals surface area contributed by atoms with Gasteiger partial charge in [-0.15, -0.1) is 0 Å². The van der Waals surface area contributed by atoms with Crippen molar-refractivity contribution in [3.63, 3.8) is 0 Å². The molecule has 0 bridgehead atoms. The number of carbonyl (C=O) groups excluding carboxylic acids is 2. The van der Waals surface area contributed by atoms with E-state index in [0.717, 1.165) is 6.42 Å². The SMILES string of the molecule is CC(C)(C)OC(=O)N1CCCC(C(=O)NCc2c(F)cccc2Cl)C1. The van der Waals surface area contributed by atoms with Gasteiger partial charge in [0.15, 0.2) is 0 Å². The number of halogens is 2. The van der Waals surface area contributed by atoms with Crippen molar-refractivity contribution in [1.29, 1.82) is 0 Å². The first-order chi connectivity index (χ1) is 11.7. The first-order valence-corrected chi connectivity index (χ1v) is 8.73. The maximum atomic E-state index is 13.8. The van der Waals surface area contributed by atoms with Gasteiger partial charge in [-0.05, 0) is 45.7 Å². The third-order valence-corrected chi connectivity index (χ3v) is 4.30. The molecule has 0 aromatic heterocycles. The minimum atomic E-state index is -0.576. The lowest BCUT2D eigenvalue weighted by Gasteiger charge is -2.33. The van der Waals surface area contributed by atoms with Crippen molar-refractivity contribution < 1.29 is 18.7 Å². The average molecular weight is 371 g/mol. The zero-order valence-corrected chi connectivity index (χ0v) is 15.5. The lowest BCUT2D eigenvalue weighted by atomic mass is 9.97. The molecule has 5 nitrogen and oxygen atoms in total. The Balaban J connectivity index is 1.92. The molecule has 2 amide bonds. The van der Waals surface area contributed by atoms with Crippen LogP contribution >= 0.6 is 11.6 Å². The van der Waals surface area contributed by atoms with E-state index in [9.17, 15) is 14.0 Å². The zero-order chi connectivity index (χ0) is 18.6. The number of benzene rings is 1. The number of likely N-dealkylation sites (tertiary alicyclic amines) is 1. The molecule has 1 aliphatic rings. The first kappa shape index (κ1) is 19.5. The van der Waals surface area contributed by atoms with Gasteiger partial charge in [0.05, 0.1) is 5.92 Å². The van der Waals surface area contributed by atoms with E-state index >= 15 is 0 Å². The van der Waals surface area contributed by atoms with Gasteiger partial charge >= 0.3 is 6.09 Å². The standard InChI is InChI=1S/C18H24ClFN2O3/c1-18(2,3)25-17(24)22-9-5-6-12(11-22)16(23)21-10-13-14(19)7-4-8-15(13)20/h4,7-8,12H,5-6,9-11H2,1-3H3,(H,21,23). The first-order valence-electron chi connectivity index (χ1n) is 8.36. The molecule has 138 valence electrons. The molecule has 2 rings (SSSR count). The van der Waals surface area contributed by atoms with Crippen LogP contribution in [0.2, 0.25) is 5.02 Å². The summed E-state index contributed by atoms with van der Waals surface area (Å²) < 4.78 is 19.1. The van der Waals surface area contributed by atoms with E-state index in [1.54, 1.807) is 31.7 Å². The summed E-state index contributed by atoms with van der Waals surface area (Å²) in [5.74, 6) is -1.01. The third kappa shape index (κ3) is 5.59. The van der Waals surface area contributed by atoms with Gasteiger partial charge in [-0.3, -0.25) is 4.79 Å². The van der Waals surface area contributed by atoms with E-state index in [1.807, 2.05) is 0 Å². The second kappa shape index (κ2) is 8.04. The number of nitrogens with zero attached hydrogens (tertiary/aromatic N) is 1. The summed E-state index contributed by atoms with van der Waals surface area (Å²) in [6, 6.07) is 4.40. The molecule has 0 radical (unpaired) electrons. The van der Waals surface area contributed by atoms with Crippen molar-refractivity contribution in [2.24, 2.45) is 5.92 Å². The lowest BCUT2D eigenvalue weighted by molar-refractivity contribution is -0.126. The zero-order valence-electron chi connectivity index (χ0n) is 14.8. The van der Waals surface area contributed by atoms with Crippen molar-refractivity contribution >= 4 is 23.6 Å². The Morgan fingerprint density at radius 1 is 1.40 bits per heavy atom. The number of nitrogens with one attached hydrogen (secondary N) is 1. The normalized spacial score (nSPS) is 18.0. The number of carbonyl (C=O) groups is 2. The van der Waals surface area contributed by atoms with Crippen LogP contribution in [0, 0.1) is 11.7 Å². The van der Waals surface area contributed by atoms with E-state index < -0.39 is 17.5 Å². The van der Waals surface area contributed by atoms with Crippen molar-refractivity contribution in [2.75, 3.05) is 13.1 Å². The van der Waals surface area contributed by atoms with Crippen LogP contribution in [-0.4, -0.2) is 35.6 Å². The highest BCUT2D eigenvalue weighted by molar-refractivity contribution is 6.31. The van der Waals surface area contributed by atoms with Gasteiger partial charge in [0.1, 0.15) is 11.4 Å². The van der Waals surface area contributed by atoms with Crippen LogP contribution in [0.4, 0.5) is 9.18 Å². The molecule has 1 heterocycles. The van der Waals surface area contributed by atoms with Gasteiger partial charge in [0, 0.05) is 30.2 Å². The van der Waals surface area contributed by atoms with Gasteiger partial charge < -0.3 is 15.0 Å². The quantitative estimate of drug-likeness (QED) is 0.881. The number of ether oxygens (including phenoxy) is 1. The number of hydrogen-bond donors (Lipinski definition) is 1. The van der Waals surface area contributed by atoms with Crippen LogP contribution < -0.4 is 5.32 Å². The fraction of sp³-hybridized carbons (Fsp3) is 0.556. The van der Waals surface area contributed by atoms with Crippen LogP contribution in [0.5, 0.6) is 0 Å². The summed E-state index contributed by atoms with van der Waals surface area (Å²) >= 11 is 5.96. The average Bonchev–Trinajstić information content (AvgIpc) is 2.52. The Bertz CT molecular complexity index is 625. The van der Waals surface area contributed by atoms with Gasteiger partial charge in [-0.25, -0.2) is 9.18 Å². The monoisotopic (exact) mass is 370 g/mol. The van der Waals surface area contributed by atoms with Crippen LogP contribution in [-0.2, 0) is 16.1 Å². The molecule has 25 heavy (non-hydrogen) atoms. The fourth-order valence-electron chi connectivity index (χ4n) is 2.70. The van der Waals surface area contributed by atoms with Crippen LogP contribution in [0.3, 0.4) is 0 Å². The summed E-state index contributed by atoms with van der Waals surface area (Å²) in [6.07, 6.45) is 0.982. The van der Waals surface area contributed by atoms with E-state index in [1.165, 1.54) is 12.1 Å². The maximum Gasteiger partial charge on any atom is 0.410 e. The van der Waals surface area contributed by atoms with Gasteiger partial charge in [0.25, 0.3) is 0 Å². The lowest BCUT2D eigenvalue weighted by Crippen LogP contribution is -2.47. The minimum absolute atomic E-state index is 0.0211. The molecule has 7 heteroatoms. The molecule has 0 spiro atoms. The summed E-state index contributed by atoms with van der Waals surface area (Å²) in [7, 11) is 0. The van der Waals surface area contributed by atoms with Gasteiger partial charge in [0.2, 0.25) is 5.91 Å². The molecule has 1 fully saturated rings. The van der Waals surface area contributed by atoms with E-state index in [2.05, 4.69) is 5.32 Å². The Morgan fingerprint density at radius 3 is 2.76 bits per heavy atom. The van der Waals surface area contributed by atoms with Gasteiger partial charge in [-0.1, -0.05) is 17.7 Å². The minimum Gasteiger partial charge on any atom is -0.444 e. The van der Waals surface area contributed by atoms with Crippen LogP contribution in [0.25, 0.3) is 0 Å². The second-order valence-electron chi connectivity index (χ2n) is 7.18. The second-order valence-corrected chi connectivity index (χ2v) is 7.59. The third-order valence-electron chi connectivity index (χ3n) is 3.94. The summed E-state index contributed by atoms with van der Waals surface area (Å²) in [5, 5.41) is 2.99. The molecule has 1 unspecified atom stereocenters. The van der Waals surface area contributed by atoms with E-state index in [0.29, 0.717) is 19.5 Å². The molecule has 1 atom stereocenters. The molecule has 1 N–H and O–H groups in total. The fourth-order valence-corrected chi connectivity index (χ4v) is 2.93. The maximum absolute atomic E-state index is 13.8. The highest BCUT2D eigenvalue weighted by Crippen LogP contribution is 2.21. The highest BCUT2D eigenvalue weighted by atomic mass is 35.5. The van der Waals surface area contributed by atoms with Crippen LogP contribution in [0.15, 0.2) is 18.2 Å². The highest BCUT2D eigenvalue weighted by Gasteiger charge is 2.31. The number of rotatable bonds is 3. The smallest absolute Gasteiger partial charge is 0.410 e. The van der Waals surface area contributed by atoms with Crippen molar-refractivity contribution in [1.82, 2.24) is 10.2 Å². The Hall–Kier alpha value is -1.82. The topological polar surface area (TPSA) is 58.6 Å². The molecular formula is C18H24ClFN2O3. The predicted molar refractivity (Wildman–Crippen MR) is 93.8 cm³/mol. The molecule has 1 aliphatic heterocycles. The Kier molecular flexibility index (Phi) is 6.27. The molecular weight excluding hydrogens is 347 g/mol. The van der Waals surface area contributed by atoms with Crippen molar-refractivity contribution in [3.05, 3.63) is 34.6 Å². The summed E-state index contributed by atoms with van der Waals surface area (Å²) in [5.41, 5.74) is -0.314. The largest absolute Gasteiger partial charge is 0.444 e. The number of hydrogen-bond acceptors (Lipinski definition) is 3. The van der Waals surface area contributed by atoms with Crippen molar-refractivity contribution in [2.45, 2.75) is 45.8 Å². The van der Waals surface area contributed by atoms with Crippen molar-refractivity contribution in [3.8, 4) is 0 Å². The molecule has 0 saturated carbocycles. The van der Waals surface area contributed by atoms with Gasteiger partial charge in [-0.2, -0.15) is 0 Å². The molecule has 1 saturated heterocycles. The Labute approximate surface area is 152 Å². The van der Waals surface area contributed by atoms with E-state index in [-0.39, 0.29) is 29.0 Å². The Morgan fingerprint density at radius 2 is 2.12 bits per heavy atom. The molecule has 1 aromatic rings. The number of amides is 2. The molecule has 0 aliphatic carbocycles. The van der Waals surface area contributed by atoms with E-state index in [4.69, 9.17) is 16.3 Å².